The van der Waals surface area contributed by atoms with E-state index in [9.17, 15) is 126 Å². The van der Waals surface area contributed by atoms with Crippen molar-refractivity contribution in [3.63, 3.8) is 0 Å². The number of hydrogen-bond donors (Lipinski definition) is 0. The highest BCUT2D eigenvalue weighted by atomic mass is 19.4. The van der Waals surface area contributed by atoms with Gasteiger partial charge in [-0.15, -0.1) is 0 Å². The molecule has 54 heavy (non-hydrogen) atoms. The molecule has 0 saturated heterocycles. The summed E-state index contributed by atoms with van der Waals surface area (Å²) >= 11 is 0. The Morgan fingerprint density at radius 1 is 0.593 bits per heavy atom. The second-order valence-electron chi connectivity index (χ2n) is 10.3. The van der Waals surface area contributed by atoms with E-state index in [1.54, 1.807) is 0 Å². The van der Waals surface area contributed by atoms with Crippen molar-refractivity contribution >= 4 is 17.5 Å². The lowest BCUT2D eigenvalue weighted by atomic mass is 9.86. The molecule has 0 aliphatic rings. The Labute approximate surface area is 279 Å². The number of alkyl halides is 23. The zero-order chi connectivity index (χ0) is 43.7. The van der Waals surface area contributed by atoms with Gasteiger partial charge in [-0.3, -0.25) is 20.2 Å². The van der Waals surface area contributed by atoms with Crippen molar-refractivity contribution in [1.29, 1.82) is 0 Å². The Morgan fingerprint density at radius 2 is 0.926 bits per heavy atom. The molecule has 312 valence electrons. The Hall–Kier alpha value is -4.32. The molecule has 9 nitrogen and oxygen atoms in total. The van der Waals surface area contributed by atoms with E-state index in [1.165, 1.54) is 0 Å². The van der Waals surface area contributed by atoms with Crippen LogP contribution in [0.25, 0.3) is 0 Å². The van der Waals surface area contributed by atoms with Gasteiger partial charge in [0.15, 0.2) is 0 Å². The number of hydrogen-bond acceptors (Lipinski definition) is 7. The van der Waals surface area contributed by atoms with Crippen LogP contribution in [0.3, 0.4) is 0 Å². The summed E-state index contributed by atoms with van der Waals surface area (Å²) in [5.41, 5.74) is -4.06. The maximum Gasteiger partial charge on any atom is 0.518 e. The maximum absolute atomic E-state index is 14.2. The predicted octanol–water partition coefficient (Wildman–Crippen LogP) is 10.4. The van der Waals surface area contributed by atoms with Gasteiger partial charge in [0.2, 0.25) is 5.75 Å². The van der Waals surface area contributed by atoms with Crippen LogP contribution in [0.1, 0.15) is 31.7 Å². The van der Waals surface area contributed by atoms with Crippen LogP contribution in [0, 0.1) is 20.2 Å². The van der Waals surface area contributed by atoms with Crippen LogP contribution < -0.4 is 4.74 Å². The van der Waals surface area contributed by atoms with Gasteiger partial charge >= 0.3 is 77.4 Å². The van der Waals surface area contributed by atoms with Gasteiger partial charge < -0.3 is 9.47 Å². The summed E-state index contributed by atoms with van der Waals surface area (Å²) in [7, 11) is 0. The van der Waals surface area contributed by atoms with Crippen LogP contribution in [-0.4, -0.2) is 81.6 Å². The normalized spacial score (nSPS) is 15.5. The van der Waals surface area contributed by atoms with Crippen LogP contribution in [0.5, 0.6) is 5.75 Å². The summed E-state index contributed by atoms with van der Waals surface area (Å²) in [5.74, 6) is -86.7. The summed E-state index contributed by atoms with van der Waals surface area (Å²) in [6, 6.07) is 0.130. The molecule has 0 heterocycles. The SMILES string of the molecule is CCC(C)c1cc([N+](=O)[O-])cc([N+](=O)[O-])c1OC(=O)OC(F)(F)C(F)(F)C(F)(F)C(F)(F)C(F)(F)C(F)(F)C(F)(F)C(F)(F)C(F)(F)C(F)(F)C(F)(F)F. The smallest absolute Gasteiger partial charge is 0.387 e. The fourth-order valence-corrected chi connectivity index (χ4v) is 3.57. The van der Waals surface area contributed by atoms with Gasteiger partial charge in [-0.25, -0.2) is 4.79 Å². The Bertz CT molecular complexity index is 1630. The first kappa shape index (κ1) is 47.7. The molecule has 1 aromatic rings. The van der Waals surface area contributed by atoms with E-state index < -0.39 is 110 Å². The lowest BCUT2D eigenvalue weighted by Crippen LogP contribution is -2.77. The molecule has 0 radical (unpaired) electrons. The van der Waals surface area contributed by atoms with Gasteiger partial charge in [0.1, 0.15) is 0 Å². The standard InChI is InChI=1S/C22H11F23N2O7/c1-3-6(2)8-4-7(46(49)50)5-9(47(51)52)10(8)53-11(48)54-22(44,45)20(39,40)18(35,36)16(31,32)14(27,28)12(23,24)13(25,26)15(29,30)17(33,34)19(37,38)21(41,42)43/h4-6H,3H2,1-2H3. The summed E-state index contributed by atoms with van der Waals surface area (Å²) in [6.45, 7) is 2.12. The van der Waals surface area contributed by atoms with Gasteiger partial charge in [0, 0.05) is 11.6 Å². The van der Waals surface area contributed by atoms with Crippen molar-refractivity contribution < 1.29 is 125 Å². The van der Waals surface area contributed by atoms with E-state index in [2.05, 4.69) is 9.47 Å². The number of halogens is 23. The fourth-order valence-electron chi connectivity index (χ4n) is 3.57. The number of carbonyl (C=O) groups is 1. The van der Waals surface area contributed by atoms with E-state index >= 15 is 0 Å². The molecule has 1 rings (SSSR count). The molecule has 0 aliphatic carbocycles. The quantitative estimate of drug-likeness (QED) is 0.0566. The van der Waals surface area contributed by atoms with E-state index in [-0.39, 0.29) is 18.6 Å². The number of ether oxygens (including phenoxy) is 2. The highest BCUT2D eigenvalue weighted by Crippen LogP contribution is 2.67. The second-order valence-corrected chi connectivity index (χ2v) is 10.3. The minimum Gasteiger partial charge on any atom is -0.387 e. The maximum atomic E-state index is 14.2. The molecule has 0 aromatic heterocycles. The Balaban J connectivity index is 3.82. The summed E-state index contributed by atoms with van der Waals surface area (Å²) in [6.07, 6.45) is -20.2. The molecular weight excluding hydrogens is 841 g/mol. The summed E-state index contributed by atoms with van der Waals surface area (Å²) in [5, 5.41) is 22.4. The third-order valence-electron chi connectivity index (χ3n) is 6.91. The van der Waals surface area contributed by atoms with Crippen molar-refractivity contribution in [1.82, 2.24) is 0 Å². The van der Waals surface area contributed by atoms with Gasteiger partial charge in [-0.1, -0.05) is 13.8 Å². The Morgan fingerprint density at radius 3 is 1.22 bits per heavy atom. The van der Waals surface area contributed by atoms with Gasteiger partial charge in [0.25, 0.3) is 5.69 Å². The van der Waals surface area contributed by atoms with E-state index in [0.717, 1.165) is 13.8 Å². The van der Waals surface area contributed by atoms with Crippen molar-refractivity contribution in [2.45, 2.75) is 91.8 Å². The highest BCUT2D eigenvalue weighted by molar-refractivity contribution is 5.70. The number of nitro benzene ring substituents is 2. The third kappa shape index (κ3) is 6.68. The average molecular weight is 852 g/mol. The zero-order valence-electron chi connectivity index (χ0n) is 24.9. The molecule has 1 aromatic carbocycles. The van der Waals surface area contributed by atoms with Gasteiger partial charge in [0.05, 0.1) is 15.9 Å². The zero-order valence-corrected chi connectivity index (χ0v) is 24.9. The second kappa shape index (κ2) is 13.5. The van der Waals surface area contributed by atoms with E-state index in [1.807, 2.05) is 0 Å². The van der Waals surface area contributed by atoms with Crippen molar-refractivity contribution in [2.75, 3.05) is 0 Å². The molecule has 0 aliphatic heterocycles. The molecule has 0 N–H and O–H groups in total. The Kier molecular flexibility index (Phi) is 11.9. The minimum atomic E-state index is -9.64. The first-order chi connectivity index (χ1) is 23.5. The first-order valence-corrected chi connectivity index (χ1v) is 12.7. The van der Waals surface area contributed by atoms with E-state index in [0.29, 0.717) is 0 Å². The summed E-state index contributed by atoms with van der Waals surface area (Å²) in [4.78, 5) is 31.1. The number of rotatable bonds is 15. The van der Waals surface area contributed by atoms with Crippen molar-refractivity contribution in [2.24, 2.45) is 0 Å². The van der Waals surface area contributed by atoms with Gasteiger partial charge in [-0.2, -0.15) is 101 Å². The molecule has 0 amide bonds. The number of benzene rings is 1. The fraction of sp³-hybridized carbons (Fsp3) is 0.682. The molecule has 1 unspecified atom stereocenters. The van der Waals surface area contributed by atoms with Crippen molar-refractivity contribution in [3.05, 3.63) is 37.9 Å². The third-order valence-corrected chi connectivity index (χ3v) is 6.91. The van der Waals surface area contributed by atoms with E-state index in [4.69, 9.17) is 0 Å². The van der Waals surface area contributed by atoms with Crippen LogP contribution >= 0.6 is 0 Å². The molecule has 0 bridgehead atoms. The molecule has 32 heteroatoms. The number of nitrogens with zero attached hydrogens (tertiary/aromatic N) is 2. The largest absolute Gasteiger partial charge is 0.518 e. The molecule has 0 spiro atoms. The highest BCUT2D eigenvalue weighted by Gasteiger charge is 2.99. The lowest BCUT2D eigenvalue weighted by molar-refractivity contribution is -0.484. The summed E-state index contributed by atoms with van der Waals surface area (Å²) < 4.78 is 318. The molecule has 0 saturated carbocycles. The molecule has 1 atom stereocenters. The van der Waals surface area contributed by atoms with Crippen LogP contribution in [0.2, 0.25) is 0 Å². The van der Waals surface area contributed by atoms with Crippen molar-refractivity contribution in [3.8, 4) is 5.75 Å². The number of non-ortho nitro benzene ring substituents is 1. The number of nitro groups is 2. The minimum absolute atomic E-state index is 0.141. The first-order valence-electron chi connectivity index (χ1n) is 12.7. The predicted molar refractivity (Wildman–Crippen MR) is 121 cm³/mol. The molecular formula is C22H11F23N2O7. The monoisotopic (exact) mass is 852 g/mol. The van der Waals surface area contributed by atoms with Gasteiger partial charge in [-0.05, 0) is 12.3 Å². The topological polar surface area (TPSA) is 122 Å². The molecule has 0 fully saturated rings. The van der Waals surface area contributed by atoms with Crippen LogP contribution in [-0.2, 0) is 4.74 Å². The number of carbonyl (C=O) groups excluding carboxylic acids is 1. The lowest BCUT2D eigenvalue weighted by Gasteiger charge is -2.44. The van der Waals surface area contributed by atoms with Crippen LogP contribution in [0.4, 0.5) is 117 Å². The van der Waals surface area contributed by atoms with Crippen LogP contribution in [0.15, 0.2) is 12.1 Å². The average Bonchev–Trinajstić information content (AvgIpc) is 2.98.